The van der Waals surface area contributed by atoms with E-state index in [2.05, 4.69) is 0 Å². The Bertz CT molecular complexity index is 638. The zero-order chi connectivity index (χ0) is 14.5. The average molecular weight is 293 g/mol. The highest BCUT2D eigenvalue weighted by Gasteiger charge is 2.09. The SMILES string of the molecule is CC(N)c1cc(Cl)ccc1OCCn1ccccc1=O. The van der Waals surface area contributed by atoms with Crippen LogP contribution >= 0.6 is 11.6 Å². The molecule has 1 aromatic carbocycles. The quantitative estimate of drug-likeness (QED) is 0.921. The molecule has 0 aliphatic carbocycles. The summed E-state index contributed by atoms with van der Waals surface area (Å²) in [4.78, 5) is 11.6. The van der Waals surface area contributed by atoms with E-state index in [1.54, 1.807) is 35.0 Å². The van der Waals surface area contributed by atoms with Crippen molar-refractivity contribution < 1.29 is 4.74 Å². The summed E-state index contributed by atoms with van der Waals surface area (Å²) in [6.45, 7) is 2.76. The van der Waals surface area contributed by atoms with Crippen LogP contribution in [0.4, 0.5) is 0 Å². The summed E-state index contributed by atoms with van der Waals surface area (Å²) in [5.41, 5.74) is 6.71. The Hall–Kier alpha value is -1.78. The summed E-state index contributed by atoms with van der Waals surface area (Å²) in [5, 5.41) is 0.629. The highest BCUT2D eigenvalue weighted by atomic mass is 35.5. The molecule has 0 saturated carbocycles. The summed E-state index contributed by atoms with van der Waals surface area (Å²) in [7, 11) is 0. The van der Waals surface area contributed by atoms with Gasteiger partial charge >= 0.3 is 0 Å². The highest BCUT2D eigenvalue weighted by molar-refractivity contribution is 6.30. The molecule has 0 fully saturated rings. The van der Waals surface area contributed by atoms with Crippen molar-refractivity contribution in [1.82, 2.24) is 4.57 Å². The van der Waals surface area contributed by atoms with Crippen LogP contribution in [0.3, 0.4) is 0 Å². The van der Waals surface area contributed by atoms with Crippen molar-refractivity contribution in [2.24, 2.45) is 5.73 Å². The molecular weight excluding hydrogens is 276 g/mol. The Morgan fingerprint density at radius 3 is 2.85 bits per heavy atom. The summed E-state index contributed by atoms with van der Waals surface area (Å²) in [5.74, 6) is 0.702. The van der Waals surface area contributed by atoms with Gasteiger partial charge in [0.1, 0.15) is 12.4 Å². The molecule has 1 aromatic heterocycles. The van der Waals surface area contributed by atoms with Gasteiger partial charge in [-0.25, -0.2) is 0 Å². The smallest absolute Gasteiger partial charge is 0.250 e. The van der Waals surface area contributed by atoms with Crippen LogP contribution in [0.25, 0.3) is 0 Å². The van der Waals surface area contributed by atoms with E-state index in [1.807, 2.05) is 13.0 Å². The third kappa shape index (κ3) is 3.62. The molecule has 2 rings (SSSR count). The first kappa shape index (κ1) is 14.6. The van der Waals surface area contributed by atoms with Crippen LogP contribution in [-0.2, 0) is 6.54 Å². The zero-order valence-electron chi connectivity index (χ0n) is 11.3. The summed E-state index contributed by atoms with van der Waals surface area (Å²) < 4.78 is 7.31. The van der Waals surface area contributed by atoms with Gasteiger partial charge < -0.3 is 15.0 Å². The number of hydrogen-bond donors (Lipinski definition) is 1. The lowest BCUT2D eigenvalue weighted by Crippen LogP contribution is -2.21. The largest absolute Gasteiger partial charge is 0.491 e. The third-order valence-electron chi connectivity index (χ3n) is 2.95. The van der Waals surface area contributed by atoms with Crippen LogP contribution < -0.4 is 16.0 Å². The van der Waals surface area contributed by atoms with E-state index in [0.29, 0.717) is 23.9 Å². The monoisotopic (exact) mass is 292 g/mol. The van der Waals surface area contributed by atoms with E-state index in [9.17, 15) is 4.79 Å². The fourth-order valence-corrected chi connectivity index (χ4v) is 2.09. The molecule has 20 heavy (non-hydrogen) atoms. The Morgan fingerprint density at radius 1 is 1.35 bits per heavy atom. The lowest BCUT2D eigenvalue weighted by molar-refractivity contribution is 0.292. The molecule has 1 atom stereocenters. The second-order valence-electron chi connectivity index (χ2n) is 4.55. The minimum Gasteiger partial charge on any atom is -0.491 e. The molecule has 4 nitrogen and oxygen atoms in total. The number of halogens is 1. The molecule has 2 aromatic rings. The van der Waals surface area contributed by atoms with Crippen LogP contribution in [0.1, 0.15) is 18.5 Å². The molecule has 5 heteroatoms. The Balaban J connectivity index is 2.05. The maximum absolute atomic E-state index is 11.6. The van der Waals surface area contributed by atoms with Crippen molar-refractivity contribution in [2.75, 3.05) is 6.61 Å². The van der Waals surface area contributed by atoms with Gasteiger partial charge in [-0.3, -0.25) is 4.79 Å². The van der Waals surface area contributed by atoms with Gasteiger partial charge in [-0.1, -0.05) is 17.7 Å². The number of benzene rings is 1. The summed E-state index contributed by atoms with van der Waals surface area (Å²) in [6, 6.07) is 10.3. The van der Waals surface area contributed by atoms with Crippen molar-refractivity contribution in [1.29, 1.82) is 0 Å². The maximum atomic E-state index is 11.6. The van der Waals surface area contributed by atoms with E-state index >= 15 is 0 Å². The molecule has 0 bridgehead atoms. The summed E-state index contributed by atoms with van der Waals surface area (Å²) >= 11 is 5.96. The van der Waals surface area contributed by atoms with Crippen molar-refractivity contribution in [3.63, 3.8) is 0 Å². The van der Waals surface area contributed by atoms with Gasteiger partial charge in [-0.05, 0) is 31.2 Å². The van der Waals surface area contributed by atoms with Crippen LogP contribution in [0, 0.1) is 0 Å². The molecule has 0 aliphatic rings. The minimum atomic E-state index is -0.164. The van der Waals surface area contributed by atoms with E-state index in [4.69, 9.17) is 22.1 Å². The van der Waals surface area contributed by atoms with Gasteiger partial charge in [-0.2, -0.15) is 0 Å². The molecular formula is C15H17ClN2O2. The molecule has 1 unspecified atom stereocenters. The second-order valence-corrected chi connectivity index (χ2v) is 4.99. The van der Waals surface area contributed by atoms with Crippen LogP contribution in [0.2, 0.25) is 5.02 Å². The Labute approximate surface area is 122 Å². The number of rotatable bonds is 5. The van der Waals surface area contributed by atoms with Crippen molar-refractivity contribution in [2.45, 2.75) is 19.5 Å². The molecule has 2 N–H and O–H groups in total. The van der Waals surface area contributed by atoms with Gasteiger partial charge in [0.05, 0.1) is 6.54 Å². The van der Waals surface area contributed by atoms with Crippen molar-refractivity contribution in [3.05, 3.63) is 63.5 Å². The summed E-state index contributed by atoms with van der Waals surface area (Å²) in [6.07, 6.45) is 1.74. The Morgan fingerprint density at radius 2 is 2.15 bits per heavy atom. The van der Waals surface area contributed by atoms with Gasteiger partial charge in [0.25, 0.3) is 5.56 Å². The molecule has 1 heterocycles. The number of nitrogens with two attached hydrogens (primary N) is 1. The standard InChI is InChI=1S/C15H17ClN2O2/c1-11(17)13-10-12(16)5-6-14(13)20-9-8-18-7-3-2-4-15(18)19/h2-7,10-11H,8-9,17H2,1H3. The van der Waals surface area contributed by atoms with Gasteiger partial charge in [0.15, 0.2) is 0 Å². The predicted molar refractivity (Wildman–Crippen MR) is 80.3 cm³/mol. The van der Waals surface area contributed by atoms with Crippen molar-refractivity contribution >= 4 is 11.6 Å². The first-order valence-electron chi connectivity index (χ1n) is 6.41. The number of aromatic nitrogens is 1. The normalized spacial score (nSPS) is 12.2. The van der Waals surface area contributed by atoms with E-state index < -0.39 is 0 Å². The Kier molecular flexibility index (Phi) is 4.82. The first-order valence-corrected chi connectivity index (χ1v) is 6.79. The zero-order valence-corrected chi connectivity index (χ0v) is 12.0. The minimum absolute atomic E-state index is 0.0420. The number of nitrogens with zero attached hydrogens (tertiary/aromatic N) is 1. The van der Waals surface area contributed by atoms with Crippen LogP contribution in [0.15, 0.2) is 47.4 Å². The second kappa shape index (κ2) is 6.59. The fraction of sp³-hybridized carbons (Fsp3) is 0.267. The van der Waals surface area contributed by atoms with E-state index in [0.717, 1.165) is 5.56 Å². The van der Waals surface area contributed by atoms with Gasteiger partial charge in [-0.15, -0.1) is 0 Å². The van der Waals surface area contributed by atoms with Crippen LogP contribution in [-0.4, -0.2) is 11.2 Å². The maximum Gasteiger partial charge on any atom is 0.250 e. The predicted octanol–water partition coefficient (Wildman–Crippen LogP) is 2.60. The number of pyridine rings is 1. The molecule has 0 saturated heterocycles. The molecule has 0 aliphatic heterocycles. The lowest BCUT2D eigenvalue weighted by atomic mass is 10.1. The fourth-order valence-electron chi connectivity index (χ4n) is 1.91. The molecule has 0 spiro atoms. The van der Waals surface area contributed by atoms with Gasteiger partial charge in [0, 0.05) is 28.9 Å². The lowest BCUT2D eigenvalue weighted by Gasteiger charge is -2.14. The first-order chi connectivity index (χ1) is 9.58. The van der Waals surface area contributed by atoms with Gasteiger partial charge in [0.2, 0.25) is 0 Å². The van der Waals surface area contributed by atoms with Crippen LogP contribution in [0.5, 0.6) is 5.75 Å². The average Bonchev–Trinajstić information content (AvgIpc) is 2.42. The molecule has 106 valence electrons. The third-order valence-corrected chi connectivity index (χ3v) is 3.19. The molecule has 0 radical (unpaired) electrons. The highest BCUT2D eigenvalue weighted by Crippen LogP contribution is 2.27. The van der Waals surface area contributed by atoms with Crippen molar-refractivity contribution in [3.8, 4) is 5.75 Å². The number of hydrogen-bond acceptors (Lipinski definition) is 3. The topological polar surface area (TPSA) is 57.2 Å². The molecule has 0 amide bonds. The van der Waals surface area contributed by atoms with E-state index in [-0.39, 0.29) is 11.6 Å². The van der Waals surface area contributed by atoms with E-state index in [1.165, 1.54) is 6.07 Å². The number of ether oxygens (including phenoxy) is 1.